The van der Waals surface area contributed by atoms with E-state index in [0.717, 1.165) is 27.4 Å². The molecular weight excluding hydrogens is 278 g/mol. The van der Waals surface area contributed by atoms with Crippen molar-refractivity contribution in [3.63, 3.8) is 0 Å². The molecule has 114 valence electrons. The summed E-state index contributed by atoms with van der Waals surface area (Å²) in [6.07, 6.45) is 0. The molecule has 1 aromatic heterocycles. The molecule has 0 amide bonds. The van der Waals surface area contributed by atoms with Crippen LogP contribution < -0.4 is 0 Å². The minimum atomic E-state index is -0.903. The molecule has 0 spiro atoms. The predicted molar refractivity (Wildman–Crippen MR) is 87.5 cm³/mol. The highest BCUT2D eigenvalue weighted by Gasteiger charge is 2.17. The Bertz CT molecular complexity index is 862. The molecule has 0 aliphatic carbocycles. The number of hydrogen-bond acceptors (Lipinski definition) is 2. The molecule has 0 unspecified atom stereocenters. The van der Waals surface area contributed by atoms with Gasteiger partial charge >= 0.3 is 5.97 Å². The molecule has 0 saturated carbocycles. The quantitative estimate of drug-likeness (QED) is 0.784. The summed E-state index contributed by atoms with van der Waals surface area (Å²) in [5.41, 5.74) is 3.49. The summed E-state index contributed by atoms with van der Waals surface area (Å²) in [7, 11) is 1.68. The summed E-state index contributed by atoms with van der Waals surface area (Å²) in [5.74, 6) is -0.903. The average Bonchev–Trinajstić information content (AvgIpc) is 2.81. The number of benzene rings is 2. The number of carboxylic acid groups (broad SMARTS) is 1. The van der Waals surface area contributed by atoms with Gasteiger partial charge in [-0.1, -0.05) is 18.2 Å². The Hall–Kier alpha value is -2.33. The van der Waals surface area contributed by atoms with Gasteiger partial charge in [-0.05, 0) is 37.6 Å². The second-order valence-electron chi connectivity index (χ2n) is 5.75. The van der Waals surface area contributed by atoms with Crippen molar-refractivity contribution in [1.82, 2.24) is 4.57 Å². The summed E-state index contributed by atoms with van der Waals surface area (Å²) in [5, 5.41) is 11.5. The van der Waals surface area contributed by atoms with Crippen LogP contribution in [0.1, 0.15) is 35.8 Å². The van der Waals surface area contributed by atoms with Gasteiger partial charge in [-0.25, -0.2) is 4.79 Å². The van der Waals surface area contributed by atoms with Gasteiger partial charge in [0.1, 0.15) is 0 Å². The first-order valence-electron chi connectivity index (χ1n) is 7.32. The van der Waals surface area contributed by atoms with Crippen molar-refractivity contribution in [3.8, 4) is 0 Å². The van der Waals surface area contributed by atoms with Crippen LogP contribution >= 0.6 is 0 Å². The number of fused-ring (bicyclic) bond motifs is 3. The standard InChI is InChI=1S/C18H19NO3/c1-11(2)19-15-6-4-5-13(10-22-3)17(15)14-8-7-12(18(20)21)9-16(14)19/h4-9,11H,10H2,1-3H3,(H,20,21). The highest BCUT2D eigenvalue weighted by Crippen LogP contribution is 2.34. The minimum Gasteiger partial charge on any atom is -0.478 e. The molecule has 0 atom stereocenters. The molecule has 0 fully saturated rings. The molecule has 0 aliphatic rings. The van der Waals surface area contributed by atoms with Crippen LogP contribution in [-0.2, 0) is 11.3 Å². The lowest BCUT2D eigenvalue weighted by Crippen LogP contribution is -2.01. The average molecular weight is 297 g/mol. The van der Waals surface area contributed by atoms with E-state index in [9.17, 15) is 9.90 Å². The van der Waals surface area contributed by atoms with E-state index in [1.165, 1.54) is 0 Å². The van der Waals surface area contributed by atoms with Crippen LogP contribution in [0.2, 0.25) is 0 Å². The lowest BCUT2D eigenvalue weighted by molar-refractivity contribution is 0.0697. The van der Waals surface area contributed by atoms with Gasteiger partial charge in [0.2, 0.25) is 0 Å². The molecule has 0 radical (unpaired) electrons. The Kier molecular flexibility index (Phi) is 3.62. The first-order valence-corrected chi connectivity index (χ1v) is 7.32. The van der Waals surface area contributed by atoms with Gasteiger partial charge in [0.15, 0.2) is 0 Å². The molecule has 4 nitrogen and oxygen atoms in total. The van der Waals surface area contributed by atoms with E-state index in [1.54, 1.807) is 19.2 Å². The predicted octanol–water partition coefficient (Wildman–Crippen LogP) is 4.22. The molecule has 4 heteroatoms. The third kappa shape index (κ3) is 2.16. The van der Waals surface area contributed by atoms with Crippen LogP contribution in [0.5, 0.6) is 0 Å². The van der Waals surface area contributed by atoms with E-state index in [-0.39, 0.29) is 6.04 Å². The van der Waals surface area contributed by atoms with Crippen molar-refractivity contribution >= 4 is 27.8 Å². The highest BCUT2D eigenvalue weighted by atomic mass is 16.5. The van der Waals surface area contributed by atoms with Crippen molar-refractivity contribution < 1.29 is 14.6 Å². The van der Waals surface area contributed by atoms with Crippen LogP contribution in [0.25, 0.3) is 21.8 Å². The summed E-state index contributed by atoms with van der Waals surface area (Å²) in [6.45, 7) is 4.75. The largest absolute Gasteiger partial charge is 0.478 e. The Labute approximate surface area is 128 Å². The molecule has 0 aliphatic heterocycles. The second-order valence-corrected chi connectivity index (χ2v) is 5.75. The normalized spacial score (nSPS) is 11.6. The summed E-state index contributed by atoms with van der Waals surface area (Å²) in [4.78, 5) is 11.3. The Balaban J connectivity index is 2.46. The summed E-state index contributed by atoms with van der Waals surface area (Å²) < 4.78 is 7.50. The molecule has 3 rings (SSSR count). The van der Waals surface area contributed by atoms with Crippen LogP contribution in [0.3, 0.4) is 0 Å². The third-order valence-corrected chi connectivity index (χ3v) is 3.98. The van der Waals surface area contributed by atoms with E-state index in [2.05, 4.69) is 30.5 Å². The molecule has 0 bridgehead atoms. The van der Waals surface area contributed by atoms with Crippen molar-refractivity contribution in [3.05, 3.63) is 47.5 Å². The van der Waals surface area contributed by atoms with Crippen molar-refractivity contribution in [2.24, 2.45) is 0 Å². The van der Waals surface area contributed by atoms with E-state index >= 15 is 0 Å². The number of ether oxygens (including phenoxy) is 1. The van der Waals surface area contributed by atoms with Crippen LogP contribution in [0.4, 0.5) is 0 Å². The maximum Gasteiger partial charge on any atom is 0.335 e. The number of carboxylic acids is 1. The number of methoxy groups -OCH3 is 1. The highest BCUT2D eigenvalue weighted by molar-refractivity contribution is 6.11. The van der Waals surface area contributed by atoms with Gasteiger partial charge in [-0.2, -0.15) is 0 Å². The molecule has 2 aromatic carbocycles. The zero-order valence-corrected chi connectivity index (χ0v) is 13.0. The molecular formula is C18H19NO3. The van der Waals surface area contributed by atoms with Gasteiger partial charge in [0, 0.05) is 29.4 Å². The van der Waals surface area contributed by atoms with E-state index in [0.29, 0.717) is 12.2 Å². The maximum absolute atomic E-state index is 11.3. The lowest BCUT2D eigenvalue weighted by Gasteiger charge is -2.12. The maximum atomic E-state index is 11.3. The number of aromatic nitrogens is 1. The zero-order chi connectivity index (χ0) is 15.9. The van der Waals surface area contributed by atoms with Crippen molar-refractivity contribution in [2.45, 2.75) is 26.5 Å². The first kappa shape index (κ1) is 14.6. The van der Waals surface area contributed by atoms with E-state index in [4.69, 9.17) is 4.74 Å². The fourth-order valence-corrected chi connectivity index (χ4v) is 3.14. The summed E-state index contributed by atoms with van der Waals surface area (Å²) in [6, 6.07) is 11.7. The van der Waals surface area contributed by atoms with Crippen LogP contribution in [0.15, 0.2) is 36.4 Å². The Morgan fingerprint density at radius 3 is 2.64 bits per heavy atom. The molecule has 1 N–H and O–H groups in total. The first-order chi connectivity index (χ1) is 10.5. The van der Waals surface area contributed by atoms with E-state index in [1.807, 2.05) is 12.1 Å². The van der Waals surface area contributed by atoms with Gasteiger partial charge in [-0.3, -0.25) is 0 Å². The smallest absolute Gasteiger partial charge is 0.335 e. The van der Waals surface area contributed by atoms with Crippen molar-refractivity contribution in [1.29, 1.82) is 0 Å². The SMILES string of the molecule is COCc1cccc2c1c1ccc(C(=O)O)cc1n2C(C)C. The lowest BCUT2D eigenvalue weighted by atomic mass is 10.1. The molecule has 1 heterocycles. The van der Waals surface area contributed by atoms with Gasteiger partial charge in [0.25, 0.3) is 0 Å². The van der Waals surface area contributed by atoms with E-state index < -0.39 is 5.97 Å². The topological polar surface area (TPSA) is 51.5 Å². The summed E-state index contributed by atoms with van der Waals surface area (Å²) >= 11 is 0. The third-order valence-electron chi connectivity index (χ3n) is 3.98. The second kappa shape index (κ2) is 5.46. The fourth-order valence-electron chi connectivity index (χ4n) is 3.14. The molecule has 22 heavy (non-hydrogen) atoms. The van der Waals surface area contributed by atoms with Crippen LogP contribution in [0, 0.1) is 0 Å². The Morgan fingerprint density at radius 1 is 1.23 bits per heavy atom. The van der Waals surface area contributed by atoms with Gasteiger partial charge in [0.05, 0.1) is 17.7 Å². The number of aromatic carboxylic acids is 1. The molecule has 3 aromatic rings. The number of rotatable bonds is 4. The van der Waals surface area contributed by atoms with Crippen molar-refractivity contribution in [2.75, 3.05) is 7.11 Å². The Morgan fingerprint density at radius 2 is 2.00 bits per heavy atom. The zero-order valence-electron chi connectivity index (χ0n) is 13.0. The fraction of sp³-hybridized carbons (Fsp3) is 0.278. The monoisotopic (exact) mass is 297 g/mol. The number of hydrogen-bond donors (Lipinski definition) is 1. The van der Waals surface area contributed by atoms with Gasteiger partial charge < -0.3 is 14.4 Å². The minimum absolute atomic E-state index is 0.238. The number of nitrogens with zero attached hydrogens (tertiary/aromatic N) is 1. The van der Waals surface area contributed by atoms with Gasteiger partial charge in [-0.15, -0.1) is 0 Å². The molecule has 0 saturated heterocycles. The van der Waals surface area contributed by atoms with Crippen LogP contribution in [-0.4, -0.2) is 22.8 Å². The number of carbonyl (C=O) groups is 1.